The highest BCUT2D eigenvalue weighted by molar-refractivity contribution is 5.71. The molecular weight excluding hydrogens is 230 g/mol. The minimum Gasteiger partial charge on any atom is -0.497 e. The van der Waals surface area contributed by atoms with Crippen LogP contribution in [0.3, 0.4) is 0 Å². The lowest BCUT2D eigenvalue weighted by Gasteiger charge is -2.03. The fourth-order valence-electron chi connectivity index (χ4n) is 1.66. The predicted octanol–water partition coefficient (Wildman–Crippen LogP) is 2.67. The molecule has 1 heterocycles. The molecule has 0 aliphatic heterocycles. The minimum atomic E-state index is 0.459. The summed E-state index contributed by atoms with van der Waals surface area (Å²) in [6, 6.07) is 5.39. The van der Waals surface area contributed by atoms with Gasteiger partial charge in [0.1, 0.15) is 5.75 Å². The van der Waals surface area contributed by atoms with E-state index in [1.807, 2.05) is 12.1 Å². The van der Waals surface area contributed by atoms with E-state index in [2.05, 4.69) is 17.1 Å². The lowest BCUT2D eigenvalue weighted by molar-refractivity contribution is 0.414. The van der Waals surface area contributed by atoms with Crippen LogP contribution in [-0.4, -0.2) is 17.3 Å². The zero-order valence-corrected chi connectivity index (χ0v) is 10.6. The Balaban J connectivity index is 2.23. The number of aromatic nitrogens is 2. The number of unbranched alkanes of at least 4 members (excludes halogenated alkanes) is 1. The second-order valence-electron chi connectivity index (χ2n) is 4.07. The van der Waals surface area contributed by atoms with Crippen LogP contribution in [0.1, 0.15) is 25.6 Å². The largest absolute Gasteiger partial charge is 0.497 e. The molecule has 2 aromatic rings. The number of rotatable bonds is 5. The quantitative estimate of drug-likeness (QED) is 0.822. The first-order valence-corrected chi connectivity index (χ1v) is 6.01. The van der Waals surface area contributed by atoms with Gasteiger partial charge >= 0.3 is 0 Å². The molecule has 0 saturated carbocycles. The van der Waals surface area contributed by atoms with Crippen molar-refractivity contribution in [2.75, 3.05) is 12.8 Å². The SMILES string of the molecule is CCCCc1noc(-c2ccc(OC)cc2N)n1. The van der Waals surface area contributed by atoms with E-state index in [-0.39, 0.29) is 0 Å². The minimum absolute atomic E-state index is 0.459. The van der Waals surface area contributed by atoms with Gasteiger partial charge in [0.15, 0.2) is 5.82 Å². The molecule has 0 bridgehead atoms. The van der Waals surface area contributed by atoms with Crippen LogP contribution < -0.4 is 10.5 Å². The van der Waals surface area contributed by atoms with Gasteiger partial charge < -0.3 is 15.0 Å². The smallest absolute Gasteiger partial charge is 0.260 e. The zero-order chi connectivity index (χ0) is 13.0. The van der Waals surface area contributed by atoms with Gasteiger partial charge in [-0.25, -0.2) is 0 Å². The summed E-state index contributed by atoms with van der Waals surface area (Å²) in [4.78, 5) is 4.34. The molecule has 0 aliphatic rings. The number of nitrogens with zero attached hydrogens (tertiary/aromatic N) is 2. The molecule has 0 radical (unpaired) electrons. The van der Waals surface area contributed by atoms with Gasteiger partial charge in [0.2, 0.25) is 0 Å². The first-order valence-electron chi connectivity index (χ1n) is 6.01. The summed E-state index contributed by atoms with van der Waals surface area (Å²) in [6.45, 7) is 2.13. The van der Waals surface area contributed by atoms with E-state index < -0.39 is 0 Å². The number of nitrogen functional groups attached to an aromatic ring is 1. The highest BCUT2D eigenvalue weighted by Gasteiger charge is 2.12. The molecule has 0 unspecified atom stereocenters. The van der Waals surface area contributed by atoms with Crippen LogP contribution in [0.5, 0.6) is 5.75 Å². The molecule has 0 atom stereocenters. The first-order chi connectivity index (χ1) is 8.74. The number of benzene rings is 1. The van der Waals surface area contributed by atoms with E-state index in [9.17, 15) is 0 Å². The van der Waals surface area contributed by atoms with Crippen LogP contribution in [-0.2, 0) is 6.42 Å². The van der Waals surface area contributed by atoms with Crippen molar-refractivity contribution in [1.29, 1.82) is 0 Å². The van der Waals surface area contributed by atoms with Gasteiger partial charge in [0, 0.05) is 18.2 Å². The maximum Gasteiger partial charge on any atom is 0.260 e. The topological polar surface area (TPSA) is 74.2 Å². The summed E-state index contributed by atoms with van der Waals surface area (Å²) in [7, 11) is 1.60. The molecule has 0 fully saturated rings. The van der Waals surface area contributed by atoms with Crippen LogP contribution in [0, 0.1) is 0 Å². The molecular formula is C13H17N3O2. The number of anilines is 1. The molecule has 96 valence electrons. The van der Waals surface area contributed by atoms with Crippen molar-refractivity contribution in [2.45, 2.75) is 26.2 Å². The molecule has 18 heavy (non-hydrogen) atoms. The fraction of sp³-hybridized carbons (Fsp3) is 0.385. The fourth-order valence-corrected chi connectivity index (χ4v) is 1.66. The van der Waals surface area contributed by atoms with Crippen molar-refractivity contribution >= 4 is 5.69 Å². The van der Waals surface area contributed by atoms with Crippen LogP contribution in [0.15, 0.2) is 22.7 Å². The third kappa shape index (κ3) is 2.61. The van der Waals surface area contributed by atoms with Crippen LogP contribution >= 0.6 is 0 Å². The Labute approximate surface area is 106 Å². The molecule has 5 heteroatoms. The van der Waals surface area contributed by atoms with Crippen molar-refractivity contribution in [3.05, 3.63) is 24.0 Å². The highest BCUT2D eigenvalue weighted by atomic mass is 16.5. The van der Waals surface area contributed by atoms with Gasteiger partial charge in [0.25, 0.3) is 5.89 Å². The molecule has 2 N–H and O–H groups in total. The monoisotopic (exact) mass is 247 g/mol. The zero-order valence-electron chi connectivity index (χ0n) is 10.6. The predicted molar refractivity (Wildman–Crippen MR) is 69.3 cm³/mol. The number of hydrogen-bond acceptors (Lipinski definition) is 5. The maximum atomic E-state index is 5.93. The summed E-state index contributed by atoms with van der Waals surface area (Å²) in [5, 5.41) is 3.94. The molecule has 0 spiro atoms. The Kier molecular flexibility index (Phi) is 3.82. The molecule has 1 aromatic heterocycles. The number of ether oxygens (including phenoxy) is 1. The van der Waals surface area contributed by atoms with Crippen molar-refractivity contribution in [1.82, 2.24) is 10.1 Å². The average molecular weight is 247 g/mol. The molecule has 2 rings (SSSR count). The van der Waals surface area contributed by atoms with Crippen LogP contribution in [0.2, 0.25) is 0 Å². The van der Waals surface area contributed by atoms with Gasteiger partial charge in [-0.3, -0.25) is 0 Å². The van der Waals surface area contributed by atoms with Crippen LogP contribution in [0.4, 0.5) is 5.69 Å². The molecule has 0 aliphatic carbocycles. The lowest BCUT2D eigenvalue weighted by Crippen LogP contribution is -1.92. The van der Waals surface area contributed by atoms with E-state index in [0.717, 1.165) is 30.7 Å². The maximum absolute atomic E-state index is 5.93. The Morgan fingerprint density at radius 1 is 1.39 bits per heavy atom. The highest BCUT2D eigenvalue weighted by Crippen LogP contribution is 2.28. The number of aryl methyl sites for hydroxylation is 1. The average Bonchev–Trinajstić information content (AvgIpc) is 2.84. The van der Waals surface area contributed by atoms with Crippen molar-refractivity contribution in [2.24, 2.45) is 0 Å². The van der Waals surface area contributed by atoms with Crippen molar-refractivity contribution < 1.29 is 9.26 Å². The first kappa shape index (κ1) is 12.4. The Morgan fingerprint density at radius 3 is 2.89 bits per heavy atom. The van der Waals surface area contributed by atoms with Gasteiger partial charge in [0.05, 0.1) is 12.7 Å². The summed E-state index contributed by atoms with van der Waals surface area (Å²) in [6.07, 6.45) is 2.99. The normalized spacial score (nSPS) is 10.6. The van der Waals surface area contributed by atoms with E-state index in [4.69, 9.17) is 15.0 Å². The number of hydrogen-bond donors (Lipinski definition) is 1. The summed E-state index contributed by atoms with van der Waals surface area (Å²) < 4.78 is 10.3. The summed E-state index contributed by atoms with van der Waals surface area (Å²) in [5.74, 6) is 1.89. The van der Waals surface area contributed by atoms with Crippen molar-refractivity contribution in [3.8, 4) is 17.2 Å². The van der Waals surface area contributed by atoms with Gasteiger partial charge in [-0.05, 0) is 18.6 Å². The molecule has 0 saturated heterocycles. The number of methoxy groups -OCH3 is 1. The third-order valence-electron chi connectivity index (χ3n) is 2.71. The Bertz CT molecular complexity index is 523. The van der Waals surface area contributed by atoms with Gasteiger partial charge in [-0.2, -0.15) is 4.98 Å². The number of nitrogens with two attached hydrogens (primary N) is 1. The second kappa shape index (κ2) is 5.53. The molecule has 5 nitrogen and oxygen atoms in total. The van der Waals surface area contributed by atoms with E-state index in [1.54, 1.807) is 13.2 Å². The van der Waals surface area contributed by atoms with E-state index in [0.29, 0.717) is 17.3 Å². The molecule has 0 amide bonds. The Morgan fingerprint density at radius 2 is 2.22 bits per heavy atom. The Hall–Kier alpha value is -2.04. The third-order valence-corrected chi connectivity index (χ3v) is 2.71. The van der Waals surface area contributed by atoms with Gasteiger partial charge in [-0.1, -0.05) is 18.5 Å². The lowest BCUT2D eigenvalue weighted by atomic mass is 10.1. The van der Waals surface area contributed by atoms with E-state index in [1.165, 1.54) is 0 Å². The van der Waals surface area contributed by atoms with Gasteiger partial charge in [-0.15, -0.1) is 0 Å². The van der Waals surface area contributed by atoms with Crippen molar-refractivity contribution in [3.63, 3.8) is 0 Å². The summed E-state index contributed by atoms with van der Waals surface area (Å²) >= 11 is 0. The van der Waals surface area contributed by atoms with E-state index >= 15 is 0 Å². The second-order valence-corrected chi connectivity index (χ2v) is 4.07. The molecule has 1 aromatic carbocycles. The van der Waals surface area contributed by atoms with Crippen LogP contribution in [0.25, 0.3) is 11.5 Å². The standard InChI is InChI=1S/C13H17N3O2/c1-3-4-5-12-15-13(18-16-12)10-7-6-9(17-2)8-11(10)14/h6-8H,3-5,14H2,1-2H3. The summed E-state index contributed by atoms with van der Waals surface area (Å²) in [5.41, 5.74) is 7.24.